The fourth-order valence-corrected chi connectivity index (χ4v) is 5.04. The van der Waals surface area contributed by atoms with Crippen LogP contribution in [0.15, 0.2) is 11.6 Å². The molecule has 0 bridgehead atoms. The van der Waals surface area contributed by atoms with Crippen LogP contribution in [0.5, 0.6) is 0 Å². The molecule has 0 saturated heterocycles. The molecular weight excluding hydrogens is 284 g/mol. The number of hydrogen-bond acceptors (Lipinski definition) is 2. The lowest BCUT2D eigenvalue weighted by molar-refractivity contribution is -0.127. The Labute approximate surface area is 141 Å². The Balaban J connectivity index is 1.45. The van der Waals surface area contributed by atoms with E-state index in [1.165, 1.54) is 44.9 Å². The fraction of sp³-hybridized carbons (Fsp3) is 0.810. The third-order valence-electron chi connectivity index (χ3n) is 6.49. The SMILES string of the molecule is O=C(CCC(=O)C1CCC2CCCCC2C1)C1=CCCCCC1. The molecule has 3 aliphatic rings. The second-order valence-corrected chi connectivity index (χ2v) is 8.03. The van der Waals surface area contributed by atoms with Crippen molar-refractivity contribution in [1.29, 1.82) is 0 Å². The smallest absolute Gasteiger partial charge is 0.158 e. The second kappa shape index (κ2) is 8.26. The first-order valence-electron chi connectivity index (χ1n) is 9.99. The highest BCUT2D eigenvalue weighted by molar-refractivity contribution is 5.97. The van der Waals surface area contributed by atoms with Crippen LogP contribution in [-0.2, 0) is 9.59 Å². The maximum atomic E-state index is 12.6. The van der Waals surface area contributed by atoms with Crippen LogP contribution in [-0.4, -0.2) is 11.6 Å². The molecule has 2 nitrogen and oxygen atoms in total. The van der Waals surface area contributed by atoms with Gasteiger partial charge < -0.3 is 0 Å². The quantitative estimate of drug-likeness (QED) is 0.680. The zero-order valence-corrected chi connectivity index (χ0v) is 14.5. The van der Waals surface area contributed by atoms with Gasteiger partial charge in [0.2, 0.25) is 0 Å². The largest absolute Gasteiger partial charge is 0.299 e. The van der Waals surface area contributed by atoms with Crippen molar-refractivity contribution in [3.8, 4) is 0 Å². The molecule has 2 heteroatoms. The lowest BCUT2D eigenvalue weighted by Gasteiger charge is -2.38. The summed E-state index contributed by atoms with van der Waals surface area (Å²) in [6.45, 7) is 0. The lowest BCUT2D eigenvalue weighted by Crippen LogP contribution is -2.31. The minimum absolute atomic E-state index is 0.242. The van der Waals surface area contributed by atoms with Gasteiger partial charge in [0.1, 0.15) is 5.78 Å². The first kappa shape index (κ1) is 16.9. The van der Waals surface area contributed by atoms with E-state index in [9.17, 15) is 9.59 Å². The number of ketones is 2. The van der Waals surface area contributed by atoms with Gasteiger partial charge >= 0.3 is 0 Å². The van der Waals surface area contributed by atoms with Gasteiger partial charge in [0.15, 0.2) is 5.78 Å². The van der Waals surface area contributed by atoms with Crippen molar-refractivity contribution in [1.82, 2.24) is 0 Å². The highest BCUT2D eigenvalue weighted by Gasteiger charge is 2.34. The molecule has 3 aliphatic carbocycles. The molecular formula is C21H32O2. The van der Waals surface area contributed by atoms with E-state index in [2.05, 4.69) is 6.08 Å². The summed E-state index contributed by atoms with van der Waals surface area (Å²) < 4.78 is 0. The summed E-state index contributed by atoms with van der Waals surface area (Å²) in [6, 6.07) is 0. The first-order chi connectivity index (χ1) is 11.2. The third-order valence-corrected chi connectivity index (χ3v) is 6.49. The molecule has 0 aliphatic heterocycles. The van der Waals surface area contributed by atoms with E-state index in [1.807, 2.05) is 0 Å². The van der Waals surface area contributed by atoms with Crippen LogP contribution in [0.2, 0.25) is 0 Å². The number of carbonyl (C=O) groups excluding carboxylic acids is 2. The summed E-state index contributed by atoms with van der Waals surface area (Å²) in [5, 5.41) is 0. The Bertz CT molecular complexity index is 462. The van der Waals surface area contributed by atoms with Crippen LogP contribution in [0, 0.1) is 17.8 Å². The number of hydrogen-bond donors (Lipinski definition) is 0. The van der Waals surface area contributed by atoms with E-state index in [0.717, 1.165) is 49.5 Å². The molecule has 0 heterocycles. The van der Waals surface area contributed by atoms with Crippen molar-refractivity contribution in [2.45, 2.75) is 89.9 Å². The predicted octanol–water partition coefficient (Wildman–Crippen LogP) is 5.40. The van der Waals surface area contributed by atoms with E-state index in [1.54, 1.807) is 0 Å². The Kier molecular flexibility index (Phi) is 6.08. The number of fused-ring (bicyclic) bond motifs is 1. The zero-order chi connectivity index (χ0) is 16.1. The van der Waals surface area contributed by atoms with Gasteiger partial charge in [-0.15, -0.1) is 0 Å². The van der Waals surface area contributed by atoms with Gasteiger partial charge in [-0.25, -0.2) is 0 Å². The summed E-state index contributed by atoms with van der Waals surface area (Å²) in [7, 11) is 0. The van der Waals surface area contributed by atoms with Crippen molar-refractivity contribution in [3.05, 3.63) is 11.6 Å². The Morgan fingerprint density at radius 3 is 2.57 bits per heavy atom. The van der Waals surface area contributed by atoms with Crippen LogP contribution in [0.4, 0.5) is 0 Å². The van der Waals surface area contributed by atoms with Gasteiger partial charge in [0.05, 0.1) is 0 Å². The molecule has 0 radical (unpaired) electrons. The van der Waals surface area contributed by atoms with E-state index in [4.69, 9.17) is 0 Å². The van der Waals surface area contributed by atoms with Crippen molar-refractivity contribution in [2.75, 3.05) is 0 Å². The summed E-state index contributed by atoms with van der Waals surface area (Å²) in [4.78, 5) is 24.9. The molecule has 0 N–H and O–H groups in total. The van der Waals surface area contributed by atoms with E-state index in [0.29, 0.717) is 18.6 Å². The Hall–Kier alpha value is -0.920. The van der Waals surface area contributed by atoms with Gasteiger partial charge in [-0.1, -0.05) is 38.2 Å². The zero-order valence-electron chi connectivity index (χ0n) is 14.5. The van der Waals surface area contributed by atoms with Crippen LogP contribution in [0.1, 0.15) is 89.9 Å². The molecule has 0 spiro atoms. The molecule has 2 fully saturated rings. The standard InChI is InChI=1S/C21H32O2/c22-20(17-8-3-1-2-4-9-17)13-14-21(23)19-12-11-16-7-5-6-10-18(16)15-19/h8,16,18-19H,1-7,9-15H2. The van der Waals surface area contributed by atoms with Gasteiger partial charge in [-0.05, 0) is 62.4 Å². The van der Waals surface area contributed by atoms with Gasteiger partial charge in [0.25, 0.3) is 0 Å². The molecule has 0 aromatic heterocycles. The topological polar surface area (TPSA) is 34.1 Å². The van der Waals surface area contributed by atoms with Crippen molar-refractivity contribution >= 4 is 11.6 Å². The Morgan fingerprint density at radius 2 is 1.70 bits per heavy atom. The molecule has 128 valence electrons. The average Bonchev–Trinajstić information content (AvgIpc) is 2.88. The summed E-state index contributed by atoms with van der Waals surface area (Å²) in [5.41, 5.74) is 1.01. The van der Waals surface area contributed by atoms with Gasteiger partial charge in [-0.2, -0.15) is 0 Å². The summed E-state index contributed by atoms with van der Waals surface area (Å²) in [5.74, 6) is 2.56. The summed E-state index contributed by atoms with van der Waals surface area (Å²) in [6.07, 6.45) is 17.5. The minimum Gasteiger partial charge on any atom is -0.299 e. The number of allylic oxidation sites excluding steroid dienone is 2. The molecule has 3 rings (SSSR count). The maximum Gasteiger partial charge on any atom is 0.158 e. The van der Waals surface area contributed by atoms with E-state index < -0.39 is 0 Å². The molecule has 3 atom stereocenters. The van der Waals surface area contributed by atoms with Gasteiger partial charge in [-0.3, -0.25) is 9.59 Å². The highest BCUT2D eigenvalue weighted by atomic mass is 16.1. The number of carbonyl (C=O) groups is 2. The number of Topliss-reactive ketones (excluding diaryl/α,β-unsaturated/α-hetero) is 2. The number of rotatable bonds is 5. The average molecular weight is 316 g/mol. The minimum atomic E-state index is 0.242. The summed E-state index contributed by atoms with van der Waals surface area (Å²) >= 11 is 0. The Morgan fingerprint density at radius 1 is 0.870 bits per heavy atom. The third kappa shape index (κ3) is 4.55. The van der Waals surface area contributed by atoms with Crippen LogP contribution in [0.3, 0.4) is 0 Å². The van der Waals surface area contributed by atoms with Gasteiger partial charge in [0, 0.05) is 18.8 Å². The van der Waals surface area contributed by atoms with Crippen LogP contribution < -0.4 is 0 Å². The van der Waals surface area contributed by atoms with Crippen LogP contribution in [0.25, 0.3) is 0 Å². The van der Waals surface area contributed by atoms with Crippen LogP contribution >= 0.6 is 0 Å². The monoisotopic (exact) mass is 316 g/mol. The molecule has 0 aromatic rings. The second-order valence-electron chi connectivity index (χ2n) is 8.03. The van der Waals surface area contributed by atoms with Crippen molar-refractivity contribution in [3.63, 3.8) is 0 Å². The molecule has 0 amide bonds. The highest BCUT2D eigenvalue weighted by Crippen LogP contribution is 2.43. The lowest BCUT2D eigenvalue weighted by atomic mass is 9.66. The predicted molar refractivity (Wildman–Crippen MR) is 93.2 cm³/mol. The normalized spacial score (nSPS) is 31.7. The first-order valence-corrected chi connectivity index (χ1v) is 9.99. The van der Waals surface area contributed by atoms with E-state index >= 15 is 0 Å². The molecule has 23 heavy (non-hydrogen) atoms. The van der Waals surface area contributed by atoms with Crippen molar-refractivity contribution in [2.24, 2.45) is 17.8 Å². The fourth-order valence-electron chi connectivity index (χ4n) is 5.04. The molecule has 3 unspecified atom stereocenters. The maximum absolute atomic E-state index is 12.6. The van der Waals surface area contributed by atoms with E-state index in [-0.39, 0.29) is 11.7 Å². The van der Waals surface area contributed by atoms with Crippen molar-refractivity contribution < 1.29 is 9.59 Å². The molecule has 2 saturated carbocycles. The molecule has 0 aromatic carbocycles.